The van der Waals surface area contributed by atoms with Crippen molar-refractivity contribution in [2.75, 3.05) is 27.2 Å². The van der Waals surface area contributed by atoms with Gasteiger partial charge in [-0.2, -0.15) is 0 Å². The minimum atomic E-state index is -0.158. The summed E-state index contributed by atoms with van der Waals surface area (Å²) in [6.45, 7) is 3.89. The van der Waals surface area contributed by atoms with E-state index in [2.05, 4.69) is 10.2 Å². The van der Waals surface area contributed by atoms with E-state index < -0.39 is 0 Å². The summed E-state index contributed by atoms with van der Waals surface area (Å²) >= 11 is 0. The molecule has 1 saturated heterocycles. The van der Waals surface area contributed by atoms with Crippen LogP contribution in [0.5, 0.6) is 0 Å². The van der Waals surface area contributed by atoms with Crippen molar-refractivity contribution in [1.82, 2.24) is 10.2 Å². The van der Waals surface area contributed by atoms with E-state index >= 15 is 0 Å². The normalized spacial score (nSPS) is 24.8. The van der Waals surface area contributed by atoms with Crippen molar-refractivity contribution in [2.45, 2.75) is 25.4 Å². The molecule has 1 aliphatic heterocycles. The summed E-state index contributed by atoms with van der Waals surface area (Å²) in [5.41, 5.74) is 0. The molecule has 0 bridgehead atoms. The summed E-state index contributed by atoms with van der Waals surface area (Å²) in [6.07, 6.45) is 1.11. The van der Waals surface area contributed by atoms with E-state index in [0.717, 1.165) is 19.5 Å². The number of esters is 1. The van der Waals surface area contributed by atoms with E-state index in [1.807, 2.05) is 14.0 Å². The maximum absolute atomic E-state index is 11.2. The van der Waals surface area contributed by atoms with Gasteiger partial charge in [0.1, 0.15) is 6.04 Å². The van der Waals surface area contributed by atoms with Crippen molar-refractivity contribution in [3.05, 3.63) is 0 Å². The van der Waals surface area contributed by atoms with Gasteiger partial charge in [0.2, 0.25) is 0 Å². The molecule has 2 atom stereocenters. The number of methoxy groups -OCH3 is 1. The molecule has 1 aliphatic rings. The zero-order chi connectivity index (χ0) is 9.84. The Morgan fingerprint density at radius 1 is 1.69 bits per heavy atom. The molecule has 0 spiro atoms. The zero-order valence-corrected chi connectivity index (χ0v) is 8.54. The number of carbonyl (C=O) groups is 1. The van der Waals surface area contributed by atoms with Gasteiger partial charge in [0.05, 0.1) is 7.11 Å². The molecule has 1 heterocycles. The summed E-state index contributed by atoms with van der Waals surface area (Å²) in [4.78, 5) is 13.3. The van der Waals surface area contributed by atoms with Crippen LogP contribution in [-0.2, 0) is 9.53 Å². The van der Waals surface area contributed by atoms with Gasteiger partial charge < -0.3 is 10.1 Å². The molecule has 0 amide bonds. The van der Waals surface area contributed by atoms with Crippen LogP contribution < -0.4 is 5.32 Å². The molecular weight excluding hydrogens is 168 g/mol. The largest absolute Gasteiger partial charge is 0.468 e. The van der Waals surface area contributed by atoms with E-state index in [-0.39, 0.29) is 12.0 Å². The zero-order valence-electron chi connectivity index (χ0n) is 8.54. The summed E-state index contributed by atoms with van der Waals surface area (Å²) in [6, 6.07) is 0.323. The highest BCUT2D eigenvalue weighted by molar-refractivity contribution is 5.75. The second-order valence-corrected chi connectivity index (χ2v) is 3.51. The SMILES string of the molecule is COC(=O)C(C)N(C)C1CCNC1. The van der Waals surface area contributed by atoms with Crippen molar-refractivity contribution < 1.29 is 9.53 Å². The Morgan fingerprint density at radius 3 is 2.85 bits per heavy atom. The number of ether oxygens (including phenoxy) is 1. The van der Waals surface area contributed by atoms with Gasteiger partial charge >= 0.3 is 5.97 Å². The number of carbonyl (C=O) groups excluding carboxylic acids is 1. The first-order valence-corrected chi connectivity index (χ1v) is 4.67. The van der Waals surface area contributed by atoms with Crippen LogP contribution in [0, 0.1) is 0 Å². The van der Waals surface area contributed by atoms with Gasteiger partial charge in [0, 0.05) is 12.6 Å². The number of hydrogen-bond donors (Lipinski definition) is 1. The molecule has 0 aliphatic carbocycles. The summed E-state index contributed by atoms with van der Waals surface area (Å²) in [7, 11) is 3.40. The van der Waals surface area contributed by atoms with E-state index in [1.165, 1.54) is 7.11 Å². The molecule has 13 heavy (non-hydrogen) atoms. The number of nitrogens with zero attached hydrogens (tertiary/aromatic N) is 1. The summed E-state index contributed by atoms with van der Waals surface area (Å²) < 4.78 is 4.69. The van der Waals surface area contributed by atoms with Crippen molar-refractivity contribution in [3.8, 4) is 0 Å². The van der Waals surface area contributed by atoms with Gasteiger partial charge in [0.15, 0.2) is 0 Å². The van der Waals surface area contributed by atoms with Gasteiger partial charge in [-0.05, 0) is 26.9 Å². The third-order valence-corrected chi connectivity index (χ3v) is 2.76. The molecule has 0 radical (unpaired) electrons. The topological polar surface area (TPSA) is 41.6 Å². The third-order valence-electron chi connectivity index (χ3n) is 2.76. The van der Waals surface area contributed by atoms with Gasteiger partial charge in [0.25, 0.3) is 0 Å². The molecule has 1 fully saturated rings. The first-order chi connectivity index (χ1) is 6.16. The van der Waals surface area contributed by atoms with Gasteiger partial charge in [-0.1, -0.05) is 0 Å². The first kappa shape index (κ1) is 10.5. The Kier molecular flexibility index (Phi) is 3.69. The molecule has 0 aromatic rings. The number of likely N-dealkylation sites (N-methyl/N-ethyl adjacent to an activating group) is 1. The Morgan fingerprint density at radius 2 is 2.38 bits per heavy atom. The highest BCUT2D eigenvalue weighted by Gasteiger charge is 2.27. The standard InChI is InChI=1S/C9H18N2O2/c1-7(9(12)13-3)11(2)8-4-5-10-6-8/h7-8,10H,4-6H2,1-3H3. The number of nitrogens with one attached hydrogen (secondary N) is 1. The highest BCUT2D eigenvalue weighted by atomic mass is 16.5. The van der Waals surface area contributed by atoms with Crippen molar-refractivity contribution in [1.29, 1.82) is 0 Å². The predicted octanol–water partition coefficient (Wildman–Crippen LogP) is -0.158. The summed E-state index contributed by atoms with van der Waals surface area (Å²) in [5, 5.41) is 3.27. The van der Waals surface area contributed by atoms with Crippen LogP contribution in [-0.4, -0.2) is 50.2 Å². The number of rotatable bonds is 3. The van der Waals surface area contributed by atoms with Gasteiger partial charge in [-0.25, -0.2) is 0 Å². The summed E-state index contributed by atoms with van der Waals surface area (Å²) in [5.74, 6) is -0.158. The molecule has 2 unspecified atom stereocenters. The Bertz CT molecular complexity index is 178. The molecule has 1 N–H and O–H groups in total. The lowest BCUT2D eigenvalue weighted by molar-refractivity contribution is -0.146. The lowest BCUT2D eigenvalue weighted by atomic mass is 10.2. The second kappa shape index (κ2) is 4.58. The van der Waals surface area contributed by atoms with Crippen LogP contribution in [0.4, 0.5) is 0 Å². The van der Waals surface area contributed by atoms with E-state index in [9.17, 15) is 4.79 Å². The third kappa shape index (κ3) is 2.42. The van der Waals surface area contributed by atoms with Gasteiger partial charge in [-0.3, -0.25) is 9.69 Å². The molecule has 1 rings (SSSR count). The monoisotopic (exact) mass is 186 g/mol. The molecule has 76 valence electrons. The number of hydrogen-bond acceptors (Lipinski definition) is 4. The quantitative estimate of drug-likeness (QED) is 0.622. The minimum Gasteiger partial charge on any atom is -0.468 e. The van der Waals surface area contributed by atoms with E-state index in [1.54, 1.807) is 0 Å². The molecule has 4 heteroatoms. The van der Waals surface area contributed by atoms with Crippen LogP contribution in [0.2, 0.25) is 0 Å². The molecular formula is C9H18N2O2. The Labute approximate surface area is 79.2 Å². The van der Waals surface area contributed by atoms with Gasteiger partial charge in [-0.15, -0.1) is 0 Å². The van der Waals surface area contributed by atoms with Crippen LogP contribution in [0.1, 0.15) is 13.3 Å². The van der Waals surface area contributed by atoms with Crippen molar-refractivity contribution in [3.63, 3.8) is 0 Å². The van der Waals surface area contributed by atoms with E-state index in [0.29, 0.717) is 6.04 Å². The molecule has 4 nitrogen and oxygen atoms in total. The van der Waals surface area contributed by atoms with Crippen LogP contribution in [0.25, 0.3) is 0 Å². The maximum Gasteiger partial charge on any atom is 0.322 e. The predicted molar refractivity (Wildman–Crippen MR) is 50.5 cm³/mol. The van der Waals surface area contributed by atoms with Crippen LogP contribution >= 0.6 is 0 Å². The maximum atomic E-state index is 11.2. The average molecular weight is 186 g/mol. The van der Waals surface area contributed by atoms with E-state index in [4.69, 9.17) is 4.74 Å². The average Bonchev–Trinajstić information content (AvgIpc) is 2.67. The molecule has 0 aromatic heterocycles. The lowest BCUT2D eigenvalue weighted by Crippen LogP contribution is -2.44. The Hall–Kier alpha value is -0.610. The lowest BCUT2D eigenvalue weighted by Gasteiger charge is -2.27. The Balaban J connectivity index is 2.45. The van der Waals surface area contributed by atoms with Crippen LogP contribution in [0.3, 0.4) is 0 Å². The highest BCUT2D eigenvalue weighted by Crippen LogP contribution is 2.10. The second-order valence-electron chi connectivity index (χ2n) is 3.51. The minimum absolute atomic E-state index is 0.144. The first-order valence-electron chi connectivity index (χ1n) is 4.67. The smallest absolute Gasteiger partial charge is 0.322 e. The van der Waals surface area contributed by atoms with Crippen LogP contribution in [0.15, 0.2) is 0 Å². The fourth-order valence-corrected chi connectivity index (χ4v) is 1.64. The molecule has 0 aromatic carbocycles. The molecule has 0 saturated carbocycles. The fraction of sp³-hybridized carbons (Fsp3) is 0.889. The fourth-order valence-electron chi connectivity index (χ4n) is 1.64. The van der Waals surface area contributed by atoms with Crippen molar-refractivity contribution in [2.24, 2.45) is 0 Å². The van der Waals surface area contributed by atoms with Crippen molar-refractivity contribution >= 4 is 5.97 Å².